The average Bonchev–Trinajstić information content (AvgIpc) is 3.22. The minimum atomic E-state index is -2.39. The first-order valence-corrected chi connectivity index (χ1v) is 11.2. The second kappa shape index (κ2) is 12.3. The van der Waals surface area contributed by atoms with Crippen LogP contribution in [-0.2, 0) is 33.9 Å². The van der Waals surface area contributed by atoms with Crippen molar-refractivity contribution < 1.29 is 18.3 Å². The maximum atomic E-state index is 12.5. The molecule has 0 spiro atoms. The van der Waals surface area contributed by atoms with Crippen LogP contribution in [0, 0.1) is 0 Å². The quantitative estimate of drug-likeness (QED) is 0.344. The van der Waals surface area contributed by atoms with E-state index in [1.54, 1.807) is 38.1 Å². The monoisotopic (exact) mass is 488 g/mol. The standard InChI is InChI=1S/C21H27N7O4S.CH4/c1-21(2,22)20(29)23-18(14-32-13-16-6-4-3-5-7-16)19-24-27-28(25-19)12-15-8-10-17(11-9-15)26-33(30)31;/h3-11,18,26H,12-14,22H2,1-2H3,(H,23,29)(H,30,31);1H4/p-1/t18-;/m1./s1. The molecule has 0 bridgehead atoms. The molecule has 34 heavy (non-hydrogen) atoms. The number of hydrogen-bond donors (Lipinski definition) is 3. The molecule has 184 valence electrons. The molecule has 3 aromatic rings. The van der Waals surface area contributed by atoms with E-state index in [0.29, 0.717) is 24.7 Å². The molecular weight excluding hydrogens is 458 g/mol. The van der Waals surface area contributed by atoms with Gasteiger partial charge in [0.1, 0.15) is 6.04 Å². The van der Waals surface area contributed by atoms with Crippen molar-refractivity contribution in [1.29, 1.82) is 0 Å². The van der Waals surface area contributed by atoms with Crippen LogP contribution < -0.4 is 15.8 Å². The first-order valence-electron chi connectivity index (χ1n) is 10.1. The van der Waals surface area contributed by atoms with Crippen LogP contribution in [0.15, 0.2) is 54.6 Å². The highest BCUT2D eigenvalue weighted by Crippen LogP contribution is 2.13. The molecule has 0 fully saturated rings. The molecule has 1 amide bonds. The second-order valence-corrected chi connectivity index (χ2v) is 8.63. The first-order chi connectivity index (χ1) is 15.7. The van der Waals surface area contributed by atoms with Gasteiger partial charge in [-0.25, -0.2) is 0 Å². The second-order valence-electron chi connectivity index (χ2n) is 7.96. The molecule has 1 aromatic heterocycles. The normalized spacial score (nSPS) is 12.9. The molecule has 0 aliphatic carbocycles. The molecule has 2 atom stereocenters. The van der Waals surface area contributed by atoms with Gasteiger partial charge in [-0.2, -0.15) is 4.80 Å². The lowest BCUT2D eigenvalue weighted by molar-refractivity contribution is -0.126. The predicted molar refractivity (Wildman–Crippen MR) is 128 cm³/mol. The number of anilines is 1. The summed E-state index contributed by atoms with van der Waals surface area (Å²) in [5, 5.41) is 15.4. The zero-order valence-corrected chi connectivity index (χ0v) is 19.1. The maximum absolute atomic E-state index is 12.5. The van der Waals surface area contributed by atoms with Gasteiger partial charge in [0.15, 0.2) is 5.82 Å². The number of tetrazole rings is 1. The molecule has 0 saturated carbocycles. The van der Waals surface area contributed by atoms with Crippen molar-refractivity contribution >= 4 is 22.9 Å². The van der Waals surface area contributed by atoms with E-state index in [1.807, 2.05) is 30.3 Å². The van der Waals surface area contributed by atoms with Gasteiger partial charge in [-0.15, -0.1) is 10.2 Å². The molecule has 0 aliphatic rings. The summed E-state index contributed by atoms with van der Waals surface area (Å²) in [5.41, 5.74) is 7.11. The summed E-state index contributed by atoms with van der Waals surface area (Å²) < 4.78 is 29.5. The van der Waals surface area contributed by atoms with E-state index in [2.05, 4.69) is 25.4 Å². The Morgan fingerprint density at radius 2 is 1.85 bits per heavy atom. The van der Waals surface area contributed by atoms with Crippen molar-refractivity contribution in [2.45, 2.75) is 46.0 Å². The number of benzene rings is 2. The number of ether oxygens (including phenoxy) is 1. The third-order valence-corrected chi connectivity index (χ3v) is 4.95. The molecule has 0 radical (unpaired) electrons. The van der Waals surface area contributed by atoms with Crippen molar-refractivity contribution in [1.82, 2.24) is 25.5 Å². The Hall–Kier alpha value is -3.19. The van der Waals surface area contributed by atoms with Gasteiger partial charge in [-0.3, -0.25) is 9.00 Å². The fourth-order valence-corrected chi connectivity index (χ4v) is 3.12. The third kappa shape index (κ3) is 8.30. The smallest absolute Gasteiger partial charge is 0.240 e. The molecule has 2 aromatic carbocycles. The number of nitrogens with zero attached hydrogens (tertiary/aromatic N) is 4. The van der Waals surface area contributed by atoms with E-state index in [1.165, 1.54) is 4.80 Å². The highest BCUT2D eigenvalue weighted by Gasteiger charge is 2.27. The van der Waals surface area contributed by atoms with Crippen LogP contribution in [-0.4, -0.2) is 47.0 Å². The number of hydrogen-bond acceptors (Lipinski definition) is 8. The van der Waals surface area contributed by atoms with Crippen molar-refractivity contribution in [2.75, 3.05) is 11.3 Å². The topological polar surface area (TPSA) is 160 Å². The number of carbonyl (C=O) groups excluding carboxylic acids is 1. The molecule has 0 saturated heterocycles. The van der Waals surface area contributed by atoms with E-state index >= 15 is 0 Å². The lowest BCUT2D eigenvalue weighted by atomic mass is 10.1. The zero-order valence-electron chi connectivity index (χ0n) is 18.3. The highest BCUT2D eigenvalue weighted by atomic mass is 32.2. The van der Waals surface area contributed by atoms with E-state index < -0.39 is 22.8 Å². The number of amides is 1. The number of aromatic nitrogens is 4. The molecule has 0 aliphatic heterocycles. The minimum Gasteiger partial charge on any atom is -0.755 e. The SMILES string of the molecule is C.CC(C)(N)C(=O)N[C@H](COCc1ccccc1)c1nnn(Cc2ccc(NS(=O)[O-])cc2)n1. The summed E-state index contributed by atoms with van der Waals surface area (Å²) >= 11 is -2.39. The van der Waals surface area contributed by atoms with Crippen LogP contribution in [0.25, 0.3) is 0 Å². The first kappa shape index (κ1) is 27.1. The van der Waals surface area contributed by atoms with Gasteiger partial charge in [0.2, 0.25) is 5.91 Å². The van der Waals surface area contributed by atoms with E-state index in [-0.39, 0.29) is 19.9 Å². The Morgan fingerprint density at radius 3 is 2.47 bits per heavy atom. The molecule has 12 heteroatoms. The van der Waals surface area contributed by atoms with Gasteiger partial charge < -0.3 is 25.1 Å². The largest absolute Gasteiger partial charge is 0.755 e. The van der Waals surface area contributed by atoms with Crippen LogP contribution in [0.2, 0.25) is 0 Å². The molecule has 3 rings (SSSR count). The van der Waals surface area contributed by atoms with E-state index in [9.17, 15) is 13.6 Å². The van der Waals surface area contributed by atoms with Crippen LogP contribution in [0.5, 0.6) is 0 Å². The lowest BCUT2D eigenvalue weighted by Crippen LogP contribution is -2.50. The maximum Gasteiger partial charge on any atom is 0.240 e. The summed E-state index contributed by atoms with van der Waals surface area (Å²) in [7, 11) is 0. The van der Waals surface area contributed by atoms with Gasteiger partial charge in [-0.1, -0.05) is 49.9 Å². The van der Waals surface area contributed by atoms with Crippen molar-refractivity contribution in [3.63, 3.8) is 0 Å². The third-order valence-electron chi connectivity index (χ3n) is 4.55. The molecule has 1 heterocycles. The fraction of sp³-hybridized carbons (Fsp3) is 0.364. The molecule has 1 unspecified atom stereocenters. The number of nitrogens with two attached hydrogens (primary N) is 1. The molecule has 4 N–H and O–H groups in total. The number of nitrogens with one attached hydrogen (secondary N) is 2. The Balaban J connectivity index is 0.00000408. The van der Waals surface area contributed by atoms with Gasteiger partial charge in [0.05, 0.1) is 25.3 Å². The Kier molecular flexibility index (Phi) is 9.81. The van der Waals surface area contributed by atoms with Crippen LogP contribution in [0.1, 0.15) is 44.3 Å². The average molecular weight is 489 g/mol. The van der Waals surface area contributed by atoms with Gasteiger partial charge in [-0.05, 0) is 42.3 Å². The van der Waals surface area contributed by atoms with Crippen LogP contribution in [0.3, 0.4) is 0 Å². The van der Waals surface area contributed by atoms with Crippen LogP contribution in [0.4, 0.5) is 5.69 Å². The summed E-state index contributed by atoms with van der Waals surface area (Å²) in [6.07, 6.45) is 0. The minimum absolute atomic E-state index is 0. The van der Waals surface area contributed by atoms with Gasteiger partial charge in [0, 0.05) is 17.0 Å². The van der Waals surface area contributed by atoms with Gasteiger partial charge in [0.25, 0.3) is 0 Å². The molecular formula is C22H30N7O4S-. The van der Waals surface area contributed by atoms with Crippen molar-refractivity contribution in [3.05, 3.63) is 71.5 Å². The van der Waals surface area contributed by atoms with E-state index in [0.717, 1.165) is 11.1 Å². The predicted octanol–water partition coefficient (Wildman–Crippen LogP) is 1.67. The number of rotatable bonds is 11. The summed E-state index contributed by atoms with van der Waals surface area (Å²) in [6, 6.07) is 15.8. The Labute approximate surface area is 201 Å². The molecule has 11 nitrogen and oxygen atoms in total. The van der Waals surface area contributed by atoms with Crippen molar-refractivity contribution in [3.8, 4) is 0 Å². The summed E-state index contributed by atoms with van der Waals surface area (Å²) in [4.78, 5) is 13.8. The van der Waals surface area contributed by atoms with Crippen molar-refractivity contribution in [2.24, 2.45) is 5.73 Å². The summed E-state index contributed by atoms with van der Waals surface area (Å²) in [5.74, 6) is -0.0771. The van der Waals surface area contributed by atoms with Gasteiger partial charge >= 0.3 is 0 Å². The fourth-order valence-electron chi connectivity index (χ4n) is 2.79. The Morgan fingerprint density at radius 1 is 1.18 bits per heavy atom. The lowest BCUT2D eigenvalue weighted by Gasteiger charge is -2.22. The van der Waals surface area contributed by atoms with Crippen LogP contribution >= 0.6 is 0 Å². The number of carbonyl (C=O) groups is 1. The zero-order chi connectivity index (χ0) is 23.8. The highest BCUT2D eigenvalue weighted by molar-refractivity contribution is 7.80. The summed E-state index contributed by atoms with van der Waals surface area (Å²) in [6.45, 7) is 4.02. The Bertz CT molecular complexity index is 1070. The van der Waals surface area contributed by atoms with E-state index in [4.69, 9.17) is 10.5 Å².